The number of halogens is 1. The van der Waals surface area contributed by atoms with E-state index in [0.29, 0.717) is 12.1 Å². The molecule has 0 aliphatic heterocycles. The van der Waals surface area contributed by atoms with Crippen molar-refractivity contribution < 1.29 is 9.53 Å². The molecule has 1 aliphatic carbocycles. The van der Waals surface area contributed by atoms with Crippen molar-refractivity contribution in [1.82, 2.24) is 15.5 Å². The van der Waals surface area contributed by atoms with Gasteiger partial charge in [-0.25, -0.2) is 4.99 Å². The number of ether oxygens (including phenoxy) is 1. The topological polar surface area (TPSA) is 66.0 Å². The molecule has 24 heavy (non-hydrogen) atoms. The molecular formula is C17H35IN4O2. The highest BCUT2D eigenvalue weighted by molar-refractivity contribution is 14.0. The normalized spacial score (nSPS) is 22.2. The van der Waals surface area contributed by atoms with Gasteiger partial charge in [0.25, 0.3) is 0 Å². The van der Waals surface area contributed by atoms with Crippen molar-refractivity contribution in [2.24, 2.45) is 10.4 Å². The number of amides is 1. The van der Waals surface area contributed by atoms with E-state index in [9.17, 15) is 4.79 Å². The molecule has 0 spiro atoms. The molecule has 0 aromatic rings. The monoisotopic (exact) mass is 454 g/mol. The summed E-state index contributed by atoms with van der Waals surface area (Å²) >= 11 is 0. The molecule has 0 aromatic carbocycles. The minimum atomic E-state index is 0. The molecule has 0 heterocycles. The number of nitrogens with zero attached hydrogens (tertiary/aromatic N) is 2. The first-order chi connectivity index (χ1) is 10.9. The van der Waals surface area contributed by atoms with Gasteiger partial charge in [-0.15, -0.1) is 24.0 Å². The van der Waals surface area contributed by atoms with Crippen molar-refractivity contribution in [3.05, 3.63) is 0 Å². The predicted molar refractivity (Wildman–Crippen MR) is 110 cm³/mol. The third kappa shape index (κ3) is 5.47. The van der Waals surface area contributed by atoms with E-state index in [1.54, 1.807) is 26.1 Å². The molecule has 0 bridgehead atoms. The van der Waals surface area contributed by atoms with Crippen molar-refractivity contribution in [2.45, 2.75) is 58.6 Å². The number of carbonyl (C=O) groups excluding carboxylic acids is 1. The van der Waals surface area contributed by atoms with Gasteiger partial charge < -0.3 is 20.3 Å². The van der Waals surface area contributed by atoms with E-state index < -0.39 is 0 Å². The molecule has 2 N–H and O–H groups in total. The zero-order chi connectivity index (χ0) is 17.5. The van der Waals surface area contributed by atoms with E-state index in [1.807, 2.05) is 0 Å². The van der Waals surface area contributed by atoms with Crippen molar-refractivity contribution in [3.63, 3.8) is 0 Å². The highest BCUT2D eigenvalue weighted by atomic mass is 127. The third-order valence-corrected chi connectivity index (χ3v) is 5.11. The Labute approximate surface area is 164 Å². The minimum absolute atomic E-state index is 0. The number of methoxy groups -OCH3 is 1. The zero-order valence-electron chi connectivity index (χ0n) is 16.0. The van der Waals surface area contributed by atoms with Crippen LogP contribution in [0.4, 0.5) is 0 Å². The van der Waals surface area contributed by atoms with E-state index in [-0.39, 0.29) is 41.8 Å². The van der Waals surface area contributed by atoms with Crippen LogP contribution in [0, 0.1) is 5.41 Å². The zero-order valence-corrected chi connectivity index (χ0v) is 18.3. The minimum Gasteiger partial charge on any atom is -0.381 e. The van der Waals surface area contributed by atoms with Crippen LogP contribution in [-0.4, -0.2) is 63.2 Å². The lowest BCUT2D eigenvalue weighted by Gasteiger charge is -2.55. The molecule has 2 unspecified atom stereocenters. The lowest BCUT2D eigenvalue weighted by Crippen LogP contribution is -2.65. The Morgan fingerprint density at radius 3 is 2.38 bits per heavy atom. The predicted octanol–water partition coefficient (Wildman–Crippen LogP) is 2.23. The van der Waals surface area contributed by atoms with Crippen LogP contribution in [0.2, 0.25) is 0 Å². The molecule has 6 nitrogen and oxygen atoms in total. The van der Waals surface area contributed by atoms with E-state index >= 15 is 0 Å². The maximum Gasteiger partial charge on any atom is 0.243 e. The second-order valence-corrected chi connectivity index (χ2v) is 6.48. The number of rotatable bonds is 8. The molecule has 1 rings (SSSR count). The second-order valence-electron chi connectivity index (χ2n) is 6.48. The molecule has 0 aromatic heterocycles. The Morgan fingerprint density at radius 2 is 1.92 bits per heavy atom. The second kappa shape index (κ2) is 11.1. The summed E-state index contributed by atoms with van der Waals surface area (Å²) in [5, 5.41) is 6.84. The Kier molecular flexibility index (Phi) is 10.9. The SMILES string of the molecule is CCCNC(=NCC(=O)N(C)C)NC1CC(OC)C1(CC)CC.I. The molecule has 0 radical (unpaired) electrons. The van der Waals surface area contributed by atoms with Crippen LogP contribution in [0.1, 0.15) is 46.5 Å². The number of carbonyl (C=O) groups is 1. The van der Waals surface area contributed by atoms with Crippen LogP contribution < -0.4 is 10.6 Å². The summed E-state index contributed by atoms with van der Waals surface area (Å²) in [5.41, 5.74) is 0.148. The highest BCUT2D eigenvalue weighted by Gasteiger charge is 2.53. The van der Waals surface area contributed by atoms with Gasteiger partial charge in [0.2, 0.25) is 5.91 Å². The number of hydrogen-bond acceptors (Lipinski definition) is 3. The first kappa shape index (κ1) is 23.4. The van der Waals surface area contributed by atoms with Crippen molar-refractivity contribution in [1.29, 1.82) is 0 Å². The maximum atomic E-state index is 11.8. The van der Waals surface area contributed by atoms with Gasteiger partial charge in [-0.1, -0.05) is 20.8 Å². The van der Waals surface area contributed by atoms with E-state index in [2.05, 4.69) is 36.4 Å². The summed E-state index contributed by atoms with van der Waals surface area (Å²) in [5.74, 6) is 0.733. The number of likely N-dealkylation sites (N-methyl/N-ethyl adjacent to an activating group) is 1. The number of hydrogen-bond donors (Lipinski definition) is 2. The van der Waals surface area contributed by atoms with Crippen LogP contribution in [0.3, 0.4) is 0 Å². The summed E-state index contributed by atoms with van der Waals surface area (Å²) < 4.78 is 5.65. The first-order valence-electron chi connectivity index (χ1n) is 8.72. The fourth-order valence-electron chi connectivity index (χ4n) is 3.33. The average Bonchev–Trinajstić information content (AvgIpc) is 2.53. The Bertz CT molecular complexity index is 411. The third-order valence-electron chi connectivity index (χ3n) is 5.11. The lowest BCUT2D eigenvalue weighted by molar-refractivity contribution is -0.127. The molecule has 7 heteroatoms. The Hall–Kier alpha value is -0.570. The molecule has 1 amide bonds. The van der Waals surface area contributed by atoms with Crippen LogP contribution in [0.15, 0.2) is 4.99 Å². The fraction of sp³-hybridized carbons (Fsp3) is 0.882. The Balaban J connectivity index is 0.00000529. The van der Waals surface area contributed by atoms with Crippen molar-refractivity contribution in [2.75, 3.05) is 34.3 Å². The summed E-state index contributed by atoms with van der Waals surface area (Å²) in [6.07, 6.45) is 4.42. The van der Waals surface area contributed by atoms with E-state index in [4.69, 9.17) is 4.74 Å². The van der Waals surface area contributed by atoms with Gasteiger partial charge >= 0.3 is 0 Å². The van der Waals surface area contributed by atoms with Crippen LogP contribution in [-0.2, 0) is 9.53 Å². The van der Waals surface area contributed by atoms with Gasteiger partial charge in [-0.05, 0) is 25.7 Å². The van der Waals surface area contributed by atoms with E-state index in [1.165, 1.54) is 0 Å². The van der Waals surface area contributed by atoms with Crippen LogP contribution >= 0.6 is 24.0 Å². The van der Waals surface area contributed by atoms with E-state index in [0.717, 1.165) is 38.2 Å². The number of nitrogens with one attached hydrogen (secondary N) is 2. The first-order valence-corrected chi connectivity index (χ1v) is 8.72. The quantitative estimate of drug-likeness (QED) is 0.336. The maximum absolute atomic E-state index is 11.8. The van der Waals surface area contributed by atoms with Crippen molar-refractivity contribution in [3.8, 4) is 0 Å². The smallest absolute Gasteiger partial charge is 0.243 e. The van der Waals surface area contributed by atoms with Gasteiger partial charge in [0.15, 0.2) is 5.96 Å². The molecule has 142 valence electrons. The molecule has 1 saturated carbocycles. The van der Waals surface area contributed by atoms with Gasteiger partial charge in [-0.3, -0.25) is 4.79 Å². The lowest BCUT2D eigenvalue weighted by atomic mass is 9.58. The summed E-state index contributed by atoms with van der Waals surface area (Å²) in [4.78, 5) is 17.8. The standard InChI is InChI=1S/C17H34N4O2.HI/c1-7-10-18-16(19-12-15(22)21(4)5)20-13-11-14(23-6)17(13,8-2)9-3;/h13-14H,7-12H2,1-6H3,(H2,18,19,20);1H. The molecular weight excluding hydrogens is 419 g/mol. The molecule has 0 saturated heterocycles. The highest BCUT2D eigenvalue weighted by Crippen LogP contribution is 2.48. The number of guanidine groups is 1. The van der Waals surface area contributed by atoms with Crippen LogP contribution in [0.25, 0.3) is 0 Å². The van der Waals surface area contributed by atoms with Gasteiger partial charge in [-0.2, -0.15) is 0 Å². The molecule has 1 aliphatic rings. The largest absolute Gasteiger partial charge is 0.381 e. The van der Waals surface area contributed by atoms with Gasteiger partial charge in [0.1, 0.15) is 6.54 Å². The van der Waals surface area contributed by atoms with Gasteiger partial charge in [0, 0.05) is 39.2 Å². The average molecular weight is 454 g/mol. The Morgan fingerprint density at radius 1 is 1.29 bits per heavy atom. The fourth-order valence-corrected chi connectivity index (χ4v) is 3.33. The molecule has 2 atom stereocenters. The molecule has 1 fully saturated rings. The van der Waals surface area contributed by atoms with Gasteiger partial charge in [0.05, 0.1) is 6.10 Å². The summed E-state index contributed by atoms with van der Waals surface area (Å²) in [6, 6.07) is 0.333. The summed E-state index contributed by atoms with van der Waals surface area (Å²) in [6.45, 7) is 7.55. The van der Waals surface area contributed by atoms with Crippen molar-refractivity contribution >= 4 is 35.8 Å². The number of aliphatic imine (C=N–C) groups is 1. The van der Waals surface area contributed by atoms with Crippen LogP contribution in [0.5, 0.6) is 0 Å². The summed E-state index contributed by atoms with van der Waals surface area (Å²) in [7, 11) is 5.29.